The third-order valence-electron chi connectivity index (χ3n) is 2.63. The summed E-state index contributed by atoms with van der Waals surface area (Å²) in [5.74, 6) is 0.602. The Morgan fingerprint density at radius 2 is 2.29 bits per heavy atom. The number of nitrogens with zero attached hydrogens (tertiary/aromatic N) is 3. The number of anilines is 1. The van der Waals surface area contributed by atoms with Gasteiger partial charge in [-0.2, -0.15) is 0 Å². The summed E-state index contributed by atoms with van der Waals surface area (Å²) in [6.07, 6.45) is 2.31. The molecule has 1 unspecified atom stereocenters. The Hall–Kier alpha value is -1.54. The van der Waals surface area contributed by atoms with E-state index in [1.165, 1.54) is 12.7 Å². The lowest BCUT2D eigenvalue weighted by Gasteiger charge is -2.17. The Bertz CT molecular complexity index is 634. The largest absolute Gasteiger partial charge is 0.366 e. The van der Waals surface area contributed by atoms with Crippen LogP contribution in [0.3, 0.4) is 0 Å². The number of rotatable bonds is 8. The molecule has 2 aromatic heterocycles. The van der Waals surface area contributed by atoms with Crippen LogP contribution in [-0.4, -0.2) is 50.4 Å². The highest BCUT2D eigenvalue weighted by atomic mass is 31.2. The van der Waals surface area contributed by atoms with Crippen LogP contribution >= 0.6 is 7.60 Å². The number of fused-ring (bicyclic) bond motifs is 1. The van der Waals surface area contributed by atoms with Crippen molar-refractivity contribution in [1.82, 2.24) is 19.9 Å². The summed E-state index contributed by atoms with van der Waals surface area (Å²) in [5.41, 5.74) is 1.27. The zero-order valence-corrected chi connectivity index (χ0v) is 12.7. The molecule has 2 atom stereocenters. The molecule has 0 aliphatic carbocycles. The van der Waals surface area contributed by atoms with Gasteiger partial charge in [0.05, 0.1) is 19.0 Å². The van der Waals surface area contributed by atoms with Crippen LogP contribution in [-0.2, 0) is 13.8 Å². The number of hydrogen-bond acceptors (Lipinski definition) is 7. The Morgan fingerprint density at radius 3 is 3.05 bits per heavy atom. The van der Waals surface area contributed by atoms with Crippen LogP contribution in [0, 0.1) is 0 Å². The molecular weight excluding hydrogens is 297 g/mol. The van der Waals surface area contributed by atoms with E-state index in [9.17, 15) is 9.46 Å². The van der Waals surface area contributed by atoms with Gasteiger partial charge in [-0.3, -0.25) is 4.57 Å². The van der Waals surface area contributed by atoms with Gasteiger partial charge in [-0.15, -0.1) is 0 Å². The molecule has 3 N–H and O–H groups in total. The van der Waals surface area contributed by atoms with Crippen molar-refractivity contribution in [1.29, 1.82) is 0 Å². The van der Waals surface area contributed by atoms with Crippen LogP contribution in [0.5, 0.6) is 0 Å². The number of aromatic amines is 1. The van der Waals surface area contributed by atoms with Gasteiger partial charge < -0.3 is 24.5 Å². The van der Waals surface area contributed by atoms with Gasteiger partial charge in [0.15, 0.2) is 11.5 Å². The number of ether oxygens (including phenoxy) is 1. The highest BCUT2D eigenvalue weighted by Gasteiger charge is 2.20. The first-order chi connectivity index (χ1) is 10.0. The smallest absolute Gasteiger partial charge is 0.353 e. The molecule has 2 heterocycles. The van der Waals surface area contributed by atoms with E-state index >= 15 is 0 Å². The second-order valence-corrected chi connectivity index (χ2v) is 6.16. The van der Waals surface area contributed by atoms with E-state index in [1.54, 1.807) is 13.8 Å². The maximum Gasteiger partial charge on any atom is 0.353 e. The Balaban J connectivity index is 1.85. The molecule has 2 aromatic rings. The van der Waals surface area contributed by atoms with Crippen LogP contribution in [0.15, 0.2) is 12.7 Å². The summed E-state index contributed by atoms with van der Waals surface area (Å²) in [7, 11) is -3.66. The van der Waals surface area contributed by atoms with Gasteiger partial charge in [0.2, 0.25) is 0 Å². The summed E-state index contributed by atoms with van der Waals surface area (Å²) in [6.45, 7) is 4.02. The third kappa shape index (κ3) is 4.47. The highest BCUT2D eigenvalue weighted by Crippen LogP contribution is 2.41. The summed E-state index contributed by atoms with van der Waals surface area (Å²) in [4.78, 5) is 24.5. The van der Waals surface area contributed by atoms with Gasteiger partial charge in [0, 0.05) is 6.54 Å². The summed E-state index contributed by atoms with van der Waals surface area (Å²) in [5, 5.41) is 3.08. The van der Waals surface area contributed by atoms with Crippen molar-refractivity contribution < 1.29 is 18.7 Å². The first kappa shape index (κ1) is 15.8. The van der Waals surface area contributed by atoms with Gasteiger partial charge in [-0.05, 0) is 13.8 Å². The van der Waals surface area contributed by atoms with Crippen molar-refractivity contribution in [3.63, 3.8) is 0 Å². The van der Waals surface area contributed by atoms with Crippen LogP contribution in [0.1, 0.15) is 13.8 Å². The summed E-state index contributed by atoms with van der Waals surface area (Å²) < 4.78 is 21.5. The highest BCUT2D eigenvalue weighted by molar-refractivity contribution is 7.52. The Morgan fingerprint density at radius 1 is 1.48 bits per heavy atom. The molecule has 0 amide bonds. The molecule has 0 spiro atoms. The van der Waals surface area contributed by atoms with Gasteiger partial charge in [0.1, 0.15) is 18.2 Å². The lowest BCUT2D eigenvalue weighted by Crippen LogP contribution is -2.21. The molecule has 0 aliphatic heterocycles. The maximum atomic E-state index is 11.5. The molecule has 0 bridgehead atoms. The zero-order chi connectivity index (χ0) is 15.3. The van der Waals surface area contributed by atoms with Crippen LogP contribution in [0.25, 0.3) is 11.2 Å². The van der Waals surface area contributed by atoms with Crippen molar-refractivity contribution in [2.75, 3.05) is 24.8 Å². The van der Waals surface area contributed by atoms with Crippen molar-refractivity contribution >= 4 is 24.6 Å². The lowest BCUT2D eigenvalue weighted by molar-refractivity contribution is 0.0920. The van der Waals surface area contributed by atoms with Gasteiger partial charge in [-0.25, -0.2) is 15.0 Å². The first-order valence-electron chi connectivity index (χ1n) is 6.47. The standard InChI is InChI=1S/C11H18N5O4P/c1-3-20-21(17,18)7-19-8(2)4-12-10-9-11(14-5-13-9)16-6-15-10/h5-6,8H,3-4,7H2,1-2H3,(H,17,18)(H2,12,13,14,15,16)/t8-/m1/s1. The number of imidazole rings is 1. The van der Waals surface area contributed by atoms with Gasteiger partial charge in [-0.1, -0.05) is 0 Å². The Labute approximate surface area is 121 Å². The van der Waals surface area contributed by atoms with Crippen molar-refractivity contribution in [2.24, 2.45) is 0 Å². The minimum absolute atomic E-state index is 0.169. The van der Waals surface area contributed by atoms with Gasteiger partial charge >= 0.3 is 7.60 Å². The molecule has 0 aliphatic rings. The fraction of sp³-hybridized carbons (Fsp3) is 0.545. The van der Waals surface area contributed by atoms with Crippen LogP contribution < -0.4 is 5.32 Å². The monoisotopic (exact) mass is 315 g/mol. The fourth-order valence-corrected chi connectivity index (χ4v) is 2.58. The van der Waals surface area contributed by atoms with Crippen molar-refractivity contribution in [2.45, 2.75) is 20.0 Å². The second kappa shape index (κ2) is 6.95. The molecule has 0 saturated carbocycles. The topological polar surface area (TPSA) is 122 Å². The molecule has 116 valence electrons. The van der Waals surface area contributed by atoms with E-state index in [0.717, 1.165) is 0 Å². The third-order valence-corrected chi connectivity index (χ3v) is 3.77. The van der Waals surface area contributed by atoms with Crippen molar-refractivity contribution in [3.8, 4) is 0 Å². The number of hydrogen-bond donors (Lipinski definition) is 3. The number of aromatic nitrogens is 4. The predicted molar refractivity (Wildman–Crippen MR) is 77.0 cm³/mol. The molecule has 0 saturated heterocycles. The molecule has 9 nitrogen and oxygen atoms in total. The van der Waals surface area contributed by atoms with E-state index in [0.29, 0.717) is 23.5 Å². The van der Waals surface area contributed by atoms with Crippen molar-refractivity contribution in [3.05, 3.63) is 12.7 Å². The molecule has 0 radical (unpaired) electrons. The molecule has 0 fully saturated rings. The average Bonchev–Trinajstić information content (AvgIpc) is 2.92. The maximum absolute atomic E-state index is 11.5. The number of H-pyrrole nitrogens is 1. The van der Waals surface area contributed by atoms with E-state index < -0.39 is 7.60 Å². The van der Waals surface area contributed by atoms with Gasteiger partial charge in [0.25, 0.3) is 0 Å². The normalized spacial score (nSPS) is 15.8. The SMILES string of the molecule is CCOP(=O)(O)CO[C@H](C)CNc1ncnc2nc[nH]c12. The zero-order valence-electron chi connectivity index (χ0n) is 11.8. The first-order valence-corrected chi connectivity index (χ1v) is 8.24. The number of nitrogens with one attached hydrogen (secondary N) is 2. The predicted octanol–water partition coefficient (Wildman–Crippen LogP) is 1.35. The average molecular weight is 315 g/mol. The van der Waals surface area contributed by atoms with Crippen LogP contribution in [0.4, 0.5) is 5.82 Å². The Kier molecular flexibility index (Phi) is 5.24. The molecule has 2 rings (SSSR count). The van der Waals surface area contributed by atoms with Crippen LogP contribution in [0.2, 0.25) is 0 Å². The summed E-state index contributed by atoms with van der Waals surface area (Å²) in [6, 6.07) is 0. The molecule has 0 aromatic carbocycles. The van der Waals surface area contributed by atoms with E-state index in [4.69, 9.17) is 9.26 Å². The van der Waals surface area contributed by atoms with E-state index in [-0.39, 0.29) is 19.1 Å². The minimum Gasteiger partial charge on any atom is -0.366 e. The second-order valence-electron chi connectivity index (χ2n) is 4.37. The quantitative estimate of drug-likeness (QED) is 0.624. The minimum atomic E-state index is -3.66. The fourth-order valence-electron chi connectivity index (χ4n) is 1.66. The molecular formula is C11H18N5O4P. The van der Waals surface area contributed by atoms with E-state index in [1.807, 2.05) is 0 Å². The van der Waals surface area contributed by atoms with E-state index in [2.05, 4.69) is 25.3 Å². The summed E-state index contributed by atoms with van der Waals surface area (Å²) >= 11 is 0. The molecule has 21 heavy (non-hydrogen) atoms. The molecule has 10 heteroatoms. The lowest BCUT2D eigenvalue weighted by atomic mass is 10.4.